The Kier molecular flexibility index (Phi) is 5.19. The van der Waals surface area contributed by atoms with Crippen molar-refractivity contribution in [2.75, 3.05) is 6.61 Å². The summed E-state index contributed by atoms with van der Waals surface area (Å²) in [5.41, 5.74) is 5.21. The molecule has 182 valence electrons. The van der Waals surface area contributed by atoms with Crippen molar-refractivity contribution < 1.29 is 29.6 Å². The number of primary amides is 1. The van der Waals surface area contributed by atoms with Gasteiger partial charge < -0.3 is 25.8 Å². The largest absolute Gasteiger partial charge is 0.458 e. The first kappa shape index (κ1) is 22.8. The van der Waals surface area contributed by atoms with Gasteiger partial charge in [0.05, 0.1) is 17.3 Å². The molecular weight excluding hydrogens is 426 g/mol. The van der Waals surface area contributed by atoms with E-state index in [0.29, 0.717) is 38.7 Å². The van der Waals surface area contributed by atoms with Crippen LogP contribution in [0.2, 0.25) is 0 Å². The minimum Gasteiger partial charge on any atom is -0.458 e. The molecule has 0 aromatic rings. The van der Waals surface area contributed by atoms with Crippen LogP contribution in [0.25, 0.3) is 0 Å². The second-order valence-corrected chi connectivity index (χ2v) is 11.3. The summed E-state index contributed by atoms with van der Waals surface area (Å²) >= 11 is 0. The lowest BCUT2D eigenvalue weighted by molar-refractivity contribution is -0.237. The summed E-state index contributed by atoms with van der Waals surface area (Å²) in [6.07, 6.45) is 8.02. The number of esters is 1. The average molecular weight is 462 g/mol. The zero-order valence-electron chi connectivity index (χ0n) is 19.1. The number of carbonyl (C=O) groups is 2. The molecule has 1 aliphatic heterocycles. The van der Waals surface area contributed by atoms with Crippen LogP contribution in [0.1, 0.15) is 64.7 Å². The quantitative estimate of drug-likeness (QED) is 0.243. The van der Waals surface area contributed by atoms with Gasteiger partial charge in [0, 0.05) is 29.5 Å². The van der Waals surface area contributed by atoms with Gasteiger partial charge in [0.25, 0.3) is 0 Å². The number of nitrogens with zero attached hydrogens (tertiary/aromatic N) is 1. The lowest BCUT2D eigenvalue weighted by Crippen LogP contribution is -2.68. The van der Waals surface area contributed by atoms with Crippen molar-refractivity contribution in [3.05, 3.63) is 11.6 Å². The number of ether oxygens (including phenoxy) is 1. The van der Waals surface area contributed by atoms with Gasteiger partial charge in [0.2, 0.25) is 0 Å². The van der Waals surface area contributed by atoms with Crippen molar-refractivity contribution in [1.29, 1.82) is 0 Å². The first-order valence-electron chi connectivity index (χ1n) is 12.1. The summed E-state index contributed by atoms with van der Waals surface area (Å²) in [4.78, 5) is 23.0. The Morgan fingerprint density at radius 3 is 2.64 bits per heavy atom. The van der Waals surface area contributed by atoms with Crippen molar-refractivity contribution >= 4 is 18.2 Å². The molecule has 9 nitrogen and oxygen atoms in total. The fourth-order valence-corrected chi connectivity index (χ4v) is 8.57. The molecule has 6 N–H and O–H groups in total. The third-order valence-corrected chi connectivity index (χ3v) is 10.1. The number of cyclic esters (lactones) is 1. The van der Waals surface area contributed by atoms with Crippen LogP contribution in [0.5, 0.6) is 0 Å². The predicted molar refractivity (Wildman–Crippen MR) is 119 cm³/mol. The maximum atomic E-state index is 12.3. The molecule has 5 rings (SSSR count). The fourth-order valence-electron chi connectivity index (χ4n) is 8.57. The molecule has 9 heteroatoms. The lowest BCUT2D eigenvalue weighted by atomic mass is 9.41. The Hall–Kier alpha value is -1.97. The first-order valence-corrected chi connectivity index (χ1v) is 12.1. The zero-order valence-corrected chi connectivity index (χ0v) is 19.1. The van der Waals surface area contributed by atoms with E-state index < -0.39 is 28.8 Å². The lowest BCUT2D eigenvalue weighted by Gasteiger charge is -2.65. The molecule has 4 aliphatic carbocycles. The van der Waals surface area contributed by atoms with E-state index >= 15 is 0 Å². The van der Waals surface area contributed by atoms with Gasteiger partial charge in [0.1, 0.15) is 6.61 Å². The van der Waals surface area contributed by atoms with Crippen molar-refractivity contribution in [2.24, 2.45) is 39.4 Å². The van der Waals surface area contributed by atoms with Gasteiger partial charge in [-0.05, 0) is 74.7 Å². The molecule has 1 heterocycles. The van der Waals surface area contributed by atoms with Crippen molar-refractivity contribution in [3.63, 3.8) is 0 Å². The number of hydrazone groups is 1. The Morgan fingerprint density at radius 1 is 1.18 bits per heavy atom. The summed E-state index contributed by atoms with van der Waals surface area (Å²) < 4.78 is 5.18. The predicted octanol–water partition coefficient (Wildman–Crippen LogP) is 1.35. The van der Waals surface area contributed by atoms with Crippen LogP contribution in [0, 0.1) is 28.6 Å². The van der Waals surface area contributed by atoms with E-state index in [1.54, 1.807) is 12.3 Å². The van der Waals surface area contributed by atoms with E-state index in [-0.39, 0.29) is 35.6 Å². The van der Waals surface area contributed by atoms with Crippen LogP contribution >= 0.6 is 0 Å². The third-order valence-electron chi connectivity index (χ3n) is 10.1. The molecule has 0 saturated heterocycles. The second-order valence-electron chi connectivity index (χ2n) is 11.3. The van der Waals surface area contributed by atoms with E-state index in [1.807, 2.05) is 0 Å². The van der Waals surface area contributed by atoms with Gasteiger partial charge in [0.15, 0.2) is 0 Å². The number of nitrogens with one attached hydrogen (secondary N) is 1. The molecule has 8 atom stereocenters. The van der Waals surface area contributed by atoms with E-state index in [4.69, 9.17) is 10.5 Å². The molecule has 2 amide bonds. The van der Waals surface area contributed by atoms with E-state index in [2.05, 4.69) is 17.5 Å². The summed E-state index contributed by atoms with van der Waals surface area (Å²) in [5, 5.41) is 38.6. The highest BCUT2D eigenvalue weighted by Crippen LogP contribution is 2.70. The molecular formula is C24H35N3O6. The minimum absolute atomic E-state index is 0.0468. The number of urea groups is 1. The Morgan fingerprint density at radius 2 is 1.94 bits per heavy atom. The highest BCUT2D eigenvalue weighted by Gasteiger charge is 2.71. The zero-order chi connectivity index (χ0) is 23.6. The van der Waals surface area contributed by atoms with Gasteiger partial charge in [-0.3, -0.25) is 0 Å². The van der Waals surface area contributed by atoms with Gasteiger partial charge >= 0.3 is 12.0 Å². The van der Waals surface area contributed by atoms with Crippen molar-refractivity contribution in [1.82, 2.24) is 5.43 Å². The van der Waals surface area contributed by atoms with Crippen LogP contribution in [0.3, 0.4) is 0 Å². The third kappa shape index (κ3) is 3.12. The van der Waals surface area contributed by atoms with Gasteiger partial charge in [-0.1, -0.05) is 6.92 Å². The summed E-state index contributed by atoms with van der Waals surface area (Å²) in [6, 6.07) is -0.774. The Balaban J connectivity index is 1.52. The smallest absolute Gasteiger partial charge is 0.332 e. The van der Waals surface area contributed by atoms with E-state index in [9.17, 15) is 24.9 Å². The van der Waals surface area contributed by atoms with Crippen LogP contribution in [-0.2, 0) is 9.53 Å². The number of aliphatic hydroxyl groups is 3. The topological polar surface area (TPSA) is 154 Å². The summed E-state index contributed by atoms with van der Waals surface area (Å²) in [5.74, 6) is -0.326. The molecule has 5 aliphatic rings. The highest BCUT2D eigenvalue weighted by atomic mass is 16.5. The second kappa shape index (κ2) is 7.52. The monoisotopic (exact) mass is 461 g/mol. The summed E-state index contributed by atoms with van der Waals surface area (Å²) in [7, 11) is 0. The summed E-state index contributed by atoms with van der Waals surface area (Å²) in [6.45, 7) is 2.45. The standard InChI is InChI=1S/C24H35N3O6/c1-21-6-3-17-18(24(21,32)9-5-16(21)14-10-19(29)33-12-14)4-8-23(31)11-15(28)2-7-22(17,23)13-26-27-20(25)30/h10,13,15-18,28,31-32H,2-9,11-12H2,1H3,(H3,25,27,30)/b26-13-/t15-,16+,17-,18+,21+,22-,23-,24-/m0/s1. The SMILES string of the molecule is C[C@]12CC[C@H]3[C@@H](CC[C@]4(O)C[C@@H](O)CC[C@]34/C=N\NC(N)=O)[C@@]1(O)CC[C@@H]2C1=CC(=O)OC1. The molecule has 0 aromatic heterocycles. The number of hydrogen-bond acceptors (Lipinski definition) is 7. The number of nitrogens with two attached hydrogens (primary N) is 1. The van der Waals surface area contributed by atoms with E-state index in [0.717, 1.165) is 24.8 Å². The van der Waals surface area contributed by atoms with Crippen LogP contribution in [0.4, 0.5) is 4.79 Å². The molecule has 0 radical (unpaired) electrons. The van der Waals surface area contributed by atoms with Gasteiger partial charge in [-0.15, -0.1) is 0 Å². The van der Waals surface area contributed by atoms with Crippen molar-refractivity contribution in [2.45, 2.75) is 82.0 Å². The fraction of sp³-hybridized carbons (Fsp3) is 0.792. The van der Waals surface area contributed by atoms with Crippen LogP contribution in [-0.4, -0.2) is 57.4 Å². The molecule has 33 heavy (non-hydrogen) atoms. The normalized spacial score (nSPS) is 49.1. The van der Waals surface area contributed by atoms with Crippen molar-refractivity contribution in [3.8, 4) is 0 Å². The molecule has 0 spiro atoms. The maximum absolute atomic E-state index is 12.3. The Labute approximate surface area is 193 Å². The van der Waals surface area contributed by atoms with E-state index in [1.165, 1.54) is 0 Å². The molecule has 0 unspecified atom stereocenters. The maximum Gasteiger partial charge on any atom is 0.332 e. The Bertz CT molecular complexity index is 922. The van der Waals surface area contributed by atoms with Crippen LogP contribution in [0.15, 0.2) is 16.8 Å². The van der Waals surface area contributed by atoms with Gasteiger partial charge in [-0.25, -0.2) is 15.0 Å². The minimum atomic E-state index is -1.16. The number of rotatable bonds is 3. The molecule has 4 saturated carbocycles. The van der Waals surface area contributed by atoms with Gasteiger partial charge in [-0.2, -0.15) is 5.10 Å². The number of fused-ring (bicyclic) bond motifs is 5. The number of hydrogen-bond donors (Lipinski definition) is 5. The molecule has 0 aromatic carbocycles. The van der Waals surface area contributed by atoms with Crippen LogP contribution < -0.4 is 11.2 Å². The number of amides is 2. The highest BCUT2D eigenvalue weighted by molar-refractivity contribution is 5.85. The average Bonchev–Trinajstić information content (AvgIpc) is 3.28. The number of carbonyl (C=O) groups excluding carboxylic acids is 2. The molecule has 0 bridgehead atoms. The number of aliphatic hydroxyl groups excluding tert-OH is 1. The molecule has 4 fully saturated rings. The first-order chi connectivity index (χ1) is 15.5.